The largest absolute Gasteiger partial charge is 0.507 e. The van der Waals surface area contributed by atoms with Gasteiger partial charge in [0.2, 0.25) is 0 Å². The van der Waals surface area contributed by atoms with Crippen molar-refractivity contribution in [3.05, 3.63) is 69.8 Å². The number of aliphatic hydroxyl groups excluding tert-OH is 1. The van der Waals surface area contributed by atoms with E-state index in [9.17, 15) is 14.7 Å². The lowest BCUT2D eigenvalue weighted by Crippen LogP contribution is -2.35. The summed E-state index contributed by atoms with van der Waals surface area (Å²) in [5.74, 6) is -0.480. The Morgan fingerprint density at radius 2 is 1.79 bits per heavy atom. The van der Waals surface area contributed by atoms with E-state index in [2.05, 4.69) is 6.92 Å². The Balaban J connectivity index is 2.22. The van der Waals surface area contributed by atoms with E-state index < -0.39 is 17.7 Å². The maximum atomic E-state index is 13.3. The maximum absolute atomic E-state index is 13.3. The number of aliphatic hydroxyl groups is 1. The molecule has 0 aliphatic carbocycles. The van der Waals surface area contributed by atoms with Crippen molar-refractivity contribution in [2.75, 3.05) is 34.3 Å². The second-order valence-electron chi connectivity index (χ2n) is 9.45. The summed E-state index contributed by atoms with van der Waals surface area (Å²) in [4.78, 5) is 30.0. The molecule has 0 spiro atoms. The minimum atomic E-state index is -0.651. The Morgan fingerprint density at radius 1 is 1.15 bits per heavy atom. The van der Waals surface area contributed by atoms with Crippen LogP contribution in [0.2, 0.25) is 0 Å². The van der Waals surface area contributed by atoms with Gasteiger partial charge >= 0.3 is 0 Å². The van der Waals surface area contributed by atoms with Gasteiger partial charge in [0.1, 0.15) is 11.5 Å². The fraction of sp³-hybridized carbons (Fsp3) is 0.429. The Labute approximate surface area is 202 Å². The zero-order valence-electron chi connectivity index (χ0n) is 21.3. The van der Waals surface area contributed by atoms with E-state index >= 15 is 0 Å². The van der Waals surface area contributed by atoms with Gasteiger partial charge in [-0.3, -0.25) is 9.59 Å². The molecule has 1 amide bonds. The van der Waals surface area contributed by atoms with Crippen molar-refractivity contribution < 1.29 is 19.4 Å². The van der Waals surface area contributed by atoms with Crippen molar-refractivity contribution in [3.8, 4) is 5.75 Å². The molecule has 6 nitrogen and oxygen atoms in total. The van der Waals surface area contributed by atoms with Crippen molar-refractivity contribution in [1.82, 2.24) is 9.80 Å². The van der Waals surface area contributed by atoms with E-state index in [1.807, 2.05) is 76.2 Å². The maximum Gasteiger partial charge on any atom is 0.295 e. The molecule has 0 radical (unpaired) electrons. The van der Waals surface area contributed by atoms with E-state index in [-0.39, 0.29) is 17.3 Å². The highest BCUT2D eigenvalue weighted by Crippen LogP contribution is 2.41. The fourth-order valence-corrected chi connectivity index (χ4v) is 4.43. The van der Waals surface area contributed by atoms with E-state index in [0.717, 1.165) is 28.9 Å². The van der Waals surface area contributed by atoms with Crippen molar-refractivity contribution in [2.45, 2.75) is 46.1 Å². The molecular weight excluding hydrogens is 428 g/mol. The molecule has 0 bridgehead atoms. The predicted octanol–water partition coefficient (Wildman–Crippen LogP) is 4.67. The smallest absolute Gasteiger partial charge is 0.295 e. The van der Waals surface area contributed by atoms with E-state index in [4.69, 9.17) is 4.74 Å². The predicted molar refractivity (Wildman–Crippen MR) is 135 cm³/mol. The number of methoxy groups -OCH3 is 1. The highest BCUT2D eigenvalue weighted by molar-refractivity contribution is 6.46. The number of Topliss-reactive ketones (excluding diaryl/α,β-unsaturated/α-hetero) is 1. The first-order valence-corrected chi connectivity index (χ1v) is 11.8. The van der Waals surface area contributed by atoms with Gasteiger partial charge in [-0.25, -0.2) is 0 Å². The van der Waals surface area contributed by atoms with Crippen molar-refractivity contribution >= 4 is 17.4 Å². The SMILES string of the molecule is CCc1ccc(C2/C(=C(\O)c3cc(C(C)C)c(OC)cc3C)C(=O)C(=O)N2CCN(C)C)cc1. The first kappa shape index (κ1) is 25.5. The number of ether oxygens (including phenoxy) is 1. The molecule has 1 fully saturated rings. The highest BCUT2D eigenvalue weighted by Gasteiger charge is 2.46. The van der Waals surface area contributed by atoms with Gasteiger partial charge in [0.25, 0.3) is 11.7 Å². The summed E-state index contributed by atoms with van der Waals surface area (Å²) in [6.07, 6.45) is 0.893. The van der Waals surface area contributed by atoms with Gasteiger partial charge in [-0.1, -0.05) is 45.0 Å². The lowest BCUT2D eigenvalue weighted by atomic mass is 9.90. The lowest BCUT2D eigenvalue weighted by molar-refractivity contribution is -0.140. The first-order chi connectivity index (χ1) is 16.1. The monoisotopic (exact) mass is 464 g/mol. The molecule has 2 aromatic carbocycles. The van der Waals surface area contributed by atoms with Crippen LogP contribution >= 0.6 is 0 Å². The minimum absolute atomic E-state index is 0.135. The Kier molecular flexibility index (Phi) is 7.82. The second kappa shape index (κ2) is 10.4. The molecule has 0 saturated carbocycles. The average molecular weight is 465 g/mol. The third-order valence-electron chi connectivity index (χ3n) is 6.49. The molecule has 2 aromatic rings. The molecule has 182 valence electrons. The Hall–Kier alpha value is -3.12. The summed E-state index contributed by atoms with van der Waals surface area (Å²) in [6.45, 7) is 9.04. The van der Waals surface area contributed by atoms with Crippen LogP contribution in [-0.4, -0.2) is 60.9 Å². The van der Waals surface area contributed by atoms with Crippen molar-refractivity contribution in [3.63, 3.8) is 0 Å². The normalized spacial score (nSPS) is 17.8. The van der Waals surface area contributed by atoms with Gasteiger partial charge in [0.15, 0.2) is 0 Å². The third kappa shape index (κ3) is 4.87. The van der Waals surface area contributed by atoms with Gasteiger partial charge in [0, 0.05) is 18.7 Å². The molecule has 1 saturated heterocycles. The molecular formula is C28H36N2O4. The number of hydrogen-bond donors (Lipinski definition) is 1. The van der Waals surface area contributed by atoms with E-state index in [1.165, 1.54) is 5.56 Å². The molecule has 1 heterocycles. The van der Waals surface area contributed by atoms with Crippen LogP contribution in [-0.2, 0) is 16.0 Å². The van der Waals surface area contributed by atoms with Crippen LogP contribution in [0, 0.1) is 6.92 Å². The number of likely N-dealkylation sites (tertiary alicyclic amines) is 1. The number of nitrogens with zero attached hydrogens (tertiary/aromatic N) is 2. The molecule has 0 aromatic heterocycles. The summed E-state index contributed by atoms with van der Waals surface area (Å²) in [6, 6.07) is 11.0. The van der Waals surface area contributed by atoms with Crippen LogP contribution in [0.15, 0.2) is 42.0 Å². The summed E-state index contributed by atoms with van der Waals surface area (Å²) < 4.78 is 5.54. The summed E-state index contributed by atoms with van der Waals surface area (Å²) in [5, 5.41) is 11.5. The van der Waals surface area contributed by atoms with Gasteiger partial charge in [-0.2, -0.15) is 0 Å². The second-order valence-corrected chi connectivity index (χ2v) is 9.45. The fourth-order valence-electron chi connectivity index (χ4n) is 4.43. The molecule has 1 aliphatic rings. The molecule has 1 N–H and O–H groups in total. The first-order valence-electron chi connectivity index (χ1n) is 11.8. The van der Waals surface area contributed by atoms with E-state index in [0.29, 0.717) is 18.7 Å². The Bertz CT molecular complexity index is 1100. The van der Waals surface area contributed by atoms with Gasteiger partial charge in [0.05, 0.1) is 18.7 Å². The zero-order chi connectivity index (χ0) is 25.2. The van der Waals surface area contributed by atoms with Crippen LogP contribution in [0.4, 0.5) is 0 Å². The zero-order valence-corrected chi connectivity index (χ0v) is 21.3. The van der Waals surface area contributed by atoms with Crippen molar-refractivity contribution in [2.24, 2.45) is 0 Å². The van der Waals surface area contributed by atoms with E-state index in [1.54, 1.807) is 12.0 Å². The number of carbonyl (C=O) groups is 2. The average Bonchev–Trinajstić information content (AvgIpc) is 3.06. The number of benzene rings is 2. The molecule has 34 heavy (non-hydrogen) atoms. The molecule has 6 heteroatoms. The minimum Gasteiger partial charge on any atom is -0.507 e. The van der Waals surface area contributed by atoms with Gasteiger partial charge in [-0.15, -0.1) is 0 Å². The Morgan fingerprint density at radius 3 is 2.32 bits per heavy atom. The van der Waals surface area contributed by atoms with Gasteiger partial charge < -0.3 is 19.6 Å². The number of aryl methyl sites for hydroxylation is 2. The molecule has 3 rings (SSSR count). The van der Waals surface area contributed by atoms with Crippen LogP contribution in [0.25, 0.3) is 5.76 Å². The molecule has 1 aliphatic heterocycles. The van der Waals surface area contributed by atoms with Gasteiger partial charge in [-0.05, 0) is 67.7 Å². The van der Waals surface area contributed by atoms with Crippen LogP contribution < -0.4 is 4.74 Å². The number of likely N-dealkylation sites (N-methyl/N-ethyl adjacent to an activating group) is 1. The van der Waals surface area contributed by atoms with Crippen molar-refractivity contribution in [1.29, 1.82) is 0 Å². The molecule has 1 unspecified atom stereocenters. The number of ketones is 1. The lowest BCUT2D eigenvalue weighted by Gasteiger charge is -2.27. The quantitative estimate of drug-likeness (QED) is 0.349. The number of carbonyl (C=O) groups excluding carboxylic acids is 2. The summed E-state index contributed by atoms with van der Waals surface area (Å²) in [5.41, 5.74) is 4.37. The molecule has 1 atom stereocenters. The van der Waals surface area contributed by atoms with Crippen LogP contribution in [0.3, 0.4) is 0 Å². The number of hydrogen-bond acceptors (Lipinski definition) is 5. The van der Waals surface area contributed by atoms with Crippen LogP contribution in [0.5, 0.6) is 5.75 Å². The topological polar surface area (TPSA) is 70.1 Å². The van der Waals surface area contributed by atoms with Crippen LogP contribution in [0.1, 0.15) is 60.5 Å². The third-order valence-corrected chi connectivity index (χ3v) is 6.49. The summed E-state index contributed by atoms with van der Waals surface area (Å²) in [7, 11) is 5.47. The highest BCUT2D eigenvalue weighted by atomic mass is 16.5. The standard InChI is InChI=1S/C28H36N2O4/c1-8-19-9-11-20(12-10-19)25-24(27(32)28(33)30(25)14-13-29(5)6)26(31)22-16-21(17(2)3)23(34-7)15-18(22)4/h9-12,15-17,25,31H,8,13-14H2,1-7H3/b26-24+. The number of rotatable bonds is 8. The number of amides is 1. The summed E-state index contributed by atoms with van der Waals surface area (Å²) >= 11 is 0.